The van der Waals surface area contributed by atoms with E-state index in [4.69, 9.17) is 0 Å². The molecule has 1 aliphatic heterocycles. The van der Waals surface area contributed by atoms with Crippen molar-refractivity contribution in [1.82, 2.24) is 4.90 Å². The SMILES string of the molecule is C[C@H]1CCCN(C(=O)c2ccc(-c3ccc(C4CCCCC4)cc3)s2)C1. The Morgan fingerprint density at radius 1 is 0.962 bits per heavy atom. The molecule has 2 heterocycles. The highest BCUT2D eigenvalue weighted by Crippen LogP contribution is 2.35. The normalized spacial score (nSPS) is 21.7. The van der Waals surface area contributed by atoms with E-state index in [1.165, 1.54) is 54.5 Å². The number of carbonyl (C=O) groups is 1. The minimum Gasteiger partial charge on any atom is -0.338 e. The minimum absolute atomic E-state index is 0.214. The van der Waals surface area contributed by atoms with Gasteiger partial charge in [0.25, 0.3) is 5.91 Å². The number of amides is 1. The van der Waals surface area contributed by atoms with E-state index in [1.807, 2.05) is 11.0 Å². The van der Waals surface area contributed by atoms with Crippen LogP contribution in [0, 0.1) is 5.92 Å². The fourth-order valence-electron chi connectivity index (χ4n) is 4.49. The van der Waals surface area contributed by atoms with E-state index in [9.17, 15) is 4.79 Å². The molecule has 138 valence electrons. The van der Waals surface area contributed by atoms with Gasteiger partial charge >= 0.3 is 0 Å². The van der Waals surface area contributed by atoms with Gasteiger partial charge in [-0.05, 0) is 60.8 Å². The van der Waals surface area contributed by atoms with Gasteiger partial charge in [0.05, 0.1) is 4.88 Å². The number of rotatable bonds is 3. The Bertz CT molecular complexity index is 742. The number of nitrogens with zero attached hydrogens (tertiary/aromatic N) is 1. The molecule has 1 aromatic carbocycles. The predicted molar refractivity (Wildman–Crippen MR) is 110 cm³/mol. The van der Waals surface area contributed by atoms with Crippen LogP contribution in [0.4, 0.5) is 0 Å². The maximum atomic E-state index is 12.8. The minimum atomic E-state index is 0.214. The first kappa shape index (κ1) is 17.8. The molecule has 0 bridgehead atoms. The predicted octanol–water partition coefficient (Wildman–Crippen LogP) is 6.33. The van der Waals surface area contributed by atoms with Gasteiger partial charge in [0.1, 0.15) is 0 Å². The van der Waals surface area contributed by atoms with Gasteiger partial charge in [0.2, 0.25) is 0 Å². The molecule has 2 nitrogen and oxygen atoms in total. The number of hydrogen-bond donors (Lipinski definition) is 0. The van der Waals surface area contributed by atoms with Crippen LogP contribution < -0.4 is 0 Å². The zero-order valence-electron chi connectivity index (χ0n) is 15.7. The third-order valence-corrected chi connectivity index (χ3v) is 7.16. The van der Waals surface area contributed by atoms with E-state index in [1.54, 1.807) is 11.3 Å². The van der Waals surface area contributed by atoms with Crippen molar-refractivity contribution in [2.75, 3.05) is 13.1 Å². The molecule has 1 amide bonds. The zero-order chi connectivity index (χ0) is 17.9. The highest BCUT2D eigenvalue weighted by Gasteiger charge is 2.23. The van der Waals surface area contributed by atoms with Crippen LogP contribution in [0.1, 0.15) is 73.0 Å². The molecule has 2 aliphatic rings. The number of thiophene rings is 1. The van der Waals surface area contributed by atoms with E-state index < -0.39 is 0 Å². The third kappa shape index (κ3) is 3.88. The Hall–Kier alpha value is -1.61. The van der Waals surface area contributed by atoms with E-state index >= 15 is 0 Å². The quantitative estimate of drug-likeness (QED) is 0.620. The van der Waals surface area contributed by atoms with Gasteiger partial charge in [-0.3, -0.25) is 4.79 Å². The van der Waals surface area contributed by atoms with Crippen LogP contribution in [-0.2, 0) is 0 Å². The van der Waals surface area contributed by atoms with E-state index in [-0.39, 0.29) is 5.91 Å². The molecular formula is C23H29NOS. The van der Waals surface area contributed by atoms with Crippen LogP contribution in [0.5, 0.6) is 0 Å². The number of likely N-dealkylation sites (tertiary alicyclic amines) is 1. The molecule has 0 N–H and O–H groups in total. The molecule has 1 aromatic heterocycles. The van der Waals surface area contributed by atoms with Gasteiger partial charge in [0, 0.05) is 18.0 Å². The molecule has 4 rings (SSSR count). The topological polar surface area (TPSA) is 20.3 Å². The smallest absolute Gasteiger partial charge is 0.263 e. The lowest BCUT2D eigenvalue weighted by Gasteiger charge is -2.30. The van der Waals surface area contributed by atoms with Crippen LogP contribution >= 0.6 is 11.3 Å². The molecule has 1 saturated carbocycles. The second-order valence-corrected chi connectivity index (χ2v) is 9.20. The van der Waals surface area contributed by atoms with Gasteiger partial charge in [-0.2, -0.15) is 0 Å². The molecule has 26 heavy (non-hydrogen) atoms. The molecule has 1 atom stereocenters. The summed E-state index contributed by atoms with van der Waals surface area (Å²) in [6.45, 7) is 4.06. The summed E-state index contributed by atoms with van der Waals surface area (Å²) in [5.41, 5.74) is 2.73. The van der Waals surface area contributed by atoms with Gasteiger partial charge in [-0.15, -0.1) is 11.3 Å². The highest BCUT2D eigenvalue weighted by molar-refractivity contribution is 7.17. The largest absolute Gasteiger partial charge is 0.338 e. The Balaban J connectivity index is 1.46. The summed E-state index contributed by atoms with van der Waals surface area (Å²) in [6, 6.07) is 13.2. The van der Waals surface area contributed by atoms with Crippen molar-refractivity contribution in [1.29, 1.82) is 0 Å². The van der Waals surface area contributed by atoms with Crippen LogP contribution in [0.25, 0.3) is 10.4 Å². The third-order valence-electron chi connectivity index (χ3n) is 6.03. The van der Waals surface area contributed by atoms with Crippen molar-refractivity contribution in [2.24, 2.45) is 5.92 Å². The molecule has 0 unspecified atom stereocenters. The van der Waals surface area contributed by atoms with Gasteiger partial charge in [0.15, 0.2) is 0 Å². The average Bonchev–Trinajstić information content (AvgIpc) is 3.18. The van der Waals surface area contributed by atoms with E-state index in [0.29, 0.717) is 5.92 Å². The standard InChI is InChI=1S/C23H29NOS/c1-17-6-5-15-24(16-17)23(25)22-14-13-21(26-22)20-11-9-19(10-12-20)18-7-3-2-4-8-18/h9-14,17-18H,2-8,15-16H2,1H3/t17-/m0/s1. The van der Waals surface area contributed by atoms with E-state index in [0.717, 1.165) is 30.3 Å². The molecule has 0 spiro atoms. The monoisotopic (exact) mass is 367 g/mol. The maximum absolute atomic E-state index is 12.8. The lowest BCUT2D eigenvalue weighted by Crippen LogP contribution is -2.38. The van der Waals surface area contributed by atoms with Crippen molar-refractivity contribution in [3.05, 3.63) is 46.8 Å². The molecule has 2 fully saturated rings. The number of carbonyl (C=O) groups excluding carboxylic acids is 1. The Labute approximate surface area is 161 Å². The molecule has 1 saturated heterocycles. The second-order valence-electron chi connectivity index (χ2n) is 8.12. The summed E-state index contributed by atoms with van der Waals surface area (Å²) in [5, 5.41) is 0. The Kier molecular flexibility index (Phi) is 5.44. The highest BCUT2D eigenvalue weighted by atomic mass is 32.1. The molecular weight excluding hydrogens is 338 g/mol. The van der Waals surface area contributed by atoms with Crippen LogP contribution in [0.3, 0.4) is 0 Å². The van der Waals surface area contributed by atoms with Crippen molar-refractivity contribution in [3.63, 3.8) is 0 Å². The maximum Gasteiger partial charge on any atom is 0.263 e. The lowest BCUT2D eigenvalue weighted by atomic mass is 9.84. The Morgan fingerprint density at radius 3 is 2.46 bits per heavy atom. The van der Waals surface area contributed by atoms with Crippen LogP contribution in [0.2, 0.25) is 0 Å². The molecule has 3 heteroatoms. The zero-order valence-corrected chi connectivity index (χ0v) is 16.6. The van der Waals surface area contributed by atoms with Crippen molar-refractivity contribution < 1.29 is 4.79 Å². The summed E-state index contributed by atoms with van der Waals surface area (Å²) in [6.07, 6.45) is 9.20. The number of benzene rings is 1. The van der Waals surface area contributed by atoms with Crippen LogP contribution in [-0.4, -0.2) is 23.9 Å². The summed E-state index contributed by atoms with van der Waals surface area (Å²) >= 11 is 1.64. The first-order valence-corrected chi connectivity index (χ1v) is 11.0. The molecule has 1 aliphatic carbocycles. The number of hydrogen-bond acceptors (Lipinski definition) is 2. The van der Waals surface area contributed by atoms with Crippen molar-refractivity contribution in [2.45, 2.75) is 57.8 Å². The molecule has 2 aromatic rings. The molecule has 0 radical (unpaired) electrons. The lowest BCUT2D eigenvalue weighted by molar-refractivity contribution is 0.0688. The van der Waals surface area contributed by atoms with Gasteiger partial charge in [-0.25, -0.2) is 0 Å². The Morgan fingerprint density at radius 2 is 1.73 bits per heavy atom. The van der Waals surface area contributed by atoms with Crippen LogP contribution in [0.15, 0.2) is 36.4 Å². The first-order valence-electron chi connectivity index (χ1n) is 10.2. The first-order chi connectivity index (χ1) is 12.7. The van der Waals surface area contributed by atoms with Crippen molar-refractivity contribution in [3.8, 4) is 10.4 Å². The average molecular weight is 368 g/mol. The summed E-state index contributed by atoms with van der Waals surface area (Å²) < 4.78 is 0. The van der Waals surface area contributed by atoms with Gasteiger partial charge < -0.3 is 4.90 Å². The van der Waals surface area contributed by atoms with E-state index in [2.05, 4.69) is 37.3 Å². The summed E-state index contributed by atoms with van der Waals surface area (Å²) in [5.74, 6) is 1.59. The van der Waals surface area contributed by atoms with Gasteiger partial charge in [-0.1, -0.05) is 50.5 Å². The number of piperidine rings is 1. The fourth-order valence-corrected chi connectivity index (χ4v) is 5.47. The summed E-state index contributed by atoms with van der Waals surface area (Å²) in [7, 11) is 0. The second kappa shape index (κ2) is 7.96. The van der Waals surface area contributed by atoms with Crippen molar-refractivity contribution >= 4 is 17.2 Å². The fraction of sp³-hybridized carbons (Fsp3) is 0.522. The summed E-state index contributed by atoms with van der Waals surface area (Å²) in [4.78, 5) is 16.9.